The molecule has 1 N–H and O–H groups in total. The smallest absolute Gasteiger partial charge is 0.159 e. The van der Waals surface area contributed by atoms with Crippen LogP contribution in [0.1, 0.15) is 0 Å². The van der Waals surface area contributed by atoms with Crippen molar-refractivity contribution >= 4 is 43.6 Å². The number of rotatable bonds is 1. The Kier molecular flexibility index (Phi) is 3.04. The molecule has 108 valence electrons. The van der Waals surface area contributed by atoms with Gasteiger partial charge in [0, 0.05) is 37.6 Å². The van der Waals surface area contributed by atoms with Crippen LogP contribution in [0.3, 0.4) is 0 Å². The van der Waals surface area contributed by atoms with Gasteiger partial charge in [0.1, 0.15) is 12.1 Å². The third kappa shape index (κ3) is 2.08. The van der Waals surface area contributed by atoms with Gasteiger partial charge in [-0.2, -0.15) is 0 Å². The third-order valence-corrected chi connectivity index (χ3v) is 4.36. The molecule has 0 amide bonds. The van der Waals surface area contributed by atoms with Gasteiger partial charge in [0.2, 0.25) is 0 Å². The van der Waals surface area contributed by atoms with Gasteiger partial charge in [-0.3, -0.25) is 0 Å². The first-order chi connectivity index (χ1) is 10.2. The molecule has 3 aromatic rings. The number of nitrogens with one attached hydrogen (secondary N) is 1. The number of pyridine rings is 1. The van der Waals surface area contributed by atoms with Crippen LogP contribution in [0.5, 0.6) is 0 Å². The summed E-state index contributed by atoms with van der Waals surface area (Å²) in [4.78, 5) is 6.77. The van der Waals surface area contributed by atoms with E-state index in [-0.39, 0.29) is 5.82 Å². The summed E-state index contributed by atoms with van der Waals surface area (Å²) in [6.07, 6.45) is 1.59. The molecule has 0 unspecified atom stereocenters. The maximum atomic E-state index is 13.8. The molecule has 7 heteroatoms. The normalized spacial score (nSPS) is 16.0. The quantitative estimate of drug-likeness (QED) is 0.731. The van der Waals surface area contributed by atoms with Gasteiger partial charge in [-0.05, 0) is 22.0 Å². The van der Waals surface area contributed by atoms with E-state index in [1.807, 2.05) is 0 Å². The fourth-order valence-electron chi connectivity index (χ4n) is 2.70. The summed E-state index contributed by atoms with van der Waals surface area (Å²) in [5.41, 5.74) is 1.34. The largest absolute Gasteiger partial charge is 0.363 e. The highest BCUT2D eigenvalue weighted by molar-refractivity contribution is 9.10. The minimum absolute atomic E-state index is 0.322. The summed E-state index contributed by atoms with van der Waals surface area (Å²) in [6, 6.07) is 3.16. The lowest BCUT2D eigenvalue weighted by molar-refractivity contribution is 0.428. The lowest BCUT2D eigenvalue weighted by atomic mass is 10.1. The van der Waals surface area contributed by atoms with E-state index in [1.165, 1.54) is 6.07 Å². The summed E-state index contributed by atoms with van der Waals surface area (Å²) in [6.45, 7) is 3.49. The Morgan fingerprint density at radius 2 is 2.05 bits per heavy atom. The SMILES string of the molecule is Fc1cc2nc(N3CCNCC3)c3nocc3c2cc1Br. The number of aromatic nitrogens is 2. The van der Waals surface area contributed by atoms with Crippen LogP contribution >= 0.6 is 15.9 Å². The van der Waals surface area contributed by atoms with Crippen molar-refractivity contribution in [2.24, 2.45) is 0 Å². The van der Waals surface area contributed by atoms with Crippen LogP contribution in [0.25, 0.3) is 21.8 Å². The molecule has 1 aliphatic rings. The molecule has 1 fully saturated rings. The van der Waals surface area contributed by atoms with Crippen LogP contribution in [0.15, 0.2) is 27.4 Å². The Bertz CT molecular complexity index is 829. The lowest BCUT2D eigenvalue weighted by Gasteiger charge is -2.28. The number of piperazine rings is 1. The lowest BCUT2D eigenvalue weighted by Crippen LogP contribution is -2.44. The van der Waals surface area contributed by atoms with Gasteiger partial charge in [0.15, 0.2) is 11.3 Å². The second-order valence-electron chi connectivity index (χ2n) is 5.03. The summed E-state index contributed by atoms with van der Waals surface area (Å²) < 4.78 is 19.3. The zero-order valence-electron chi connectivity index (χ0n) is 11.1. The van der Waals surface area contributed by atoms with Gasteiger partial charge in [-0.1, -0.05) is 5.16 Å². The summed E-state index contributed by atoms with van der Waals surface area (Å²) >= 11 is 3.21. The Morgan fingerprint density at radius 1 is 1.24 bits per heavy atom. The van der Waals surface area contributed by atoms with E-state index in [0.29, 0.717) is 9.99 Å². The van der Waals surface area contributed by atoms with Gasteiger partial charge in [0.05, 0.1) is 15.4 Å². The van der Waals surface area contributed by atoms with E-state index in [1.54, 1.807) is 12.3 Å². The van der Waals surface area contributed by atoms with E-state index in [2.05, 4.69) is 36.3 Å². The standard InChI is InChI=1S/C14H12BrFN4O/c15-10-5-8-9-7-21-19-13(9)14(18-12(8)6-11(10)16)20-3-1-17-2-4-20/h5-7,17H,1-4H2. The average molecular weight is 351 g/mol. The molecule has 1 aromatic carbocycles. The fourth-order valence-corrected chi connectivity index (χ4v) is 3.04. The van der Waals surface area contributed by atoms with E-state index in [4.69, 9.17) is 4.52 Å². The summed E-state index contributed by atoms with van der Waals surface area (Å²) in [5, 5.41) is 9.08. The van der Waals surface area contributed by atoms with Crippen molar-refractivity contribution in [1.82, 2.24) is 15.5 Å². The highest BCUT2D eigenvalue weighted by Gasteiger charge is 2.20. The molecule has 0 saturated carbocycles. The summed E-state index contributed by atoms with van der Waals surface area (Å²) in [5.74, 6) is 0.437. The zero-order valence-corrected chi connectivity index (χ0v) is 12.7. The van der Waals surface area contributed by atoms with Crippen LogP contribution in [0, 0.1) is 5.82 Å². The Morgan fingerprint density at radius 3 is 2.86 bits per heavy atom. The maximum absolute atomic E-state index is 13.8. The average Bonchev–Trinajstić information content (AvgIpc) is 2.99. The minimum Gasteiger partial charge on any atom is -0.363 e. The number of nitrogens with zero attached hydrogens (tertiary/aromatic N) is 3. The van der Waals surface area contributed by atoms with Crippen LogP contribution in [-0.2, 0) is 0 Å². The molecular weight excluding hydrogens is 339 g/mol. The van der Waals surface area contributed by atoms with E-state index in [0.717, 1.165) is 48.3 Å². The number of hydrogen-bond acceptors (Lipinski definition) is 5. The Hall–Kier alpha value is -1.73. The topological polar surface area (TPSA) is 54.2 Å². The van der Waals surface area contributed by atoms with E-state index in [9.17, 15) is 4.39 Å². The highest BCUT2D eigenvalue weighted by atomic mass is 79.9. The molecule has 4 rings (SSSR count). The van der Waals surface area contributed by atoms with Crippen LogP contribution < -0.4 is 10.2 Å². The number of halogens is 2. The number of hydrogen-bond donors (Lipinski definition) is 1. The molecule has 1 saturated heterocycles. The van der Waals surface area contributed by atoms with Crippen molar-refractivity contribution < 1.29 is 8.91 Å². The van der Waals surface area contributed by atoms with Crippen molar-refractivity contribution in [3.8, 4) is 0 Å². The van der Waals surface area contributed by atoms with Crippen LogP contribution in [0.2, 0.25) is 0 Å². The van der Waals surface area contributed by atoms with Gasteiger partial charge in [-0.25, -0.2) is 9.37 Å². The molecule has 0 radical (unpaired) electrons. The van der Waals surface area contributed by atoms with E-state index >= 15 is 0 Å². The fraction of sp³-hybridized carbons (Fsp3) is 0.286. The molecule has 5 nitrogen and oxygen atoms in total. The third-order valence-electron chi connectivity index (χ3n) is 3.75. The molecule has 0 aliphatic carbocycles. The molecule has 0 bridgehead atoms. The van der Waals surface area contributed by atoms with Gasteiger partial charge >= 0.3 is 0 Å². The molecule has 0 atom stereocenters. The molecule has 0 spiro atoms. The summed E-state index contributed by atoms with van der Waals surface area (Å²) in [7, 11) is 0. The molecule has 2 aromatic heterocycles. The highest BCUT2D eigenvalue weighted by Crippen LogP contribution is 2.33. The van der Waals surface area contributed by atoms with Crippen molar-refractivity contribution in [2.75, 3.05) is 31.1 Å². The van der Waals surface area contributed by atoms with Gasteiger partial charge in [0.25, 0.3) is 0 Å². The Labute approximate surface area is 128 Å². The van der Waals surface area contributed by atoms with Crippen LogP contribution in [0.4, 0.5) is 10.2 Å². The monoisotopic (exact) mass is 350 g/mol. The number of benzene rings is 1. The van der Waals surface area contributed by atoms with Crippen molar-refractivity contribution in [3.63, 3.8) is 0 Å². The minimum atomic E-state index is -0.322. The first-order valence-electron chi connectivity index (χ1n) is 6.72. The van der Waals surface area contributed by atoms with Crippen molar-refractivity contribution in [1.29, 1.82) is 0 Å². The molecule has 1 aliphatic heterocycles. The van der Waals surface area contributed by atoms with Crippen molar-refractivity contribution in [3.05, 3.63) is 28.7 Å². The first-order valence-corrected chi connectivity index (χ1v) is 7.52. The predicted octanol–water partition coefficient (Wildman–Crippen LogP) is 2.69. The second-order valence-corrected chi connectivity index (χ2v) is 5.89. The van der Waals surface area contributed by atoms with Crippen molar-refractivity contribution in [2.45, 2.75) is 0 Å². The molecule has 21 heavy (non-hydrogen) atoms. The van der Waals surface area contributed by atoms with Gasteiger partial charge in [-0.15, -0.1) is 0 Å². The molecular formula is C14H12BrFN4O. The van der Waals surface area contributed by atoms with Gasteiger partial charge < -0.3 is 14.7 Å². The second kappa shape index (κ2) is 4.92. The van der Waals surface area contributed by atoms with E-state index < -0.39 is 0 Å². The zero-order chi connectivity index (χ0) is 14.4. The predicted molar refractivity (Wildman–Crippen MR) is 82.1 cm³/mol. The molecule has 3 heterocycles. The maximum Gasteiger partial charge on any atom is 0.159 e. The first kappa shape index (κ1) is 13.0. The number of fused-ring (bicyclic) bond motifs is 3. The number of anilines is 1. The van der Waals surface area contributed by atoms with Crippen LogP contribution in [-0.4, -0.2) is 36.3 Å². The Balaban J connectivity index is 2.00.